The summed E-state index contributed by atoms with van der Waals surface area (Å²) < 4.78 is 11.3. The average Bonchev–Trinajstić information content (AvgIpc) is 3.50. The van der Waals surface area contributed by atoms with Crippen LogP contribution in [0.25, 0.3) is 0 Å². The van der Waals surface area contributed by atoms with Crippen LogP contribution < -0.4 is 10.5 Å². The van der Waals surface area contributed by atoms with Crippen molar-refractivity contribution in [3.8, 4) is 5.75 Å². The zero-order valence-electron chi connectivity index (χ0n) is 20.9. The highest BCUT2D eigenvalue weighted by molar-refractivity contribution is 6.42. The van der Waals surface area contributed by atoms with Crippen LogP contribution in [0.4, 0.5) is 0 Å². The van der Waals surface area contributed by atoms with E-state index in [1.165, 1.54) is 0 Å². The van der Waals surface area contributed by atoms with E-state index in [0.717, 1.165) is 16.0 Å². The number of carbonyl (C=O) groups is 3. The van der Waals surface area contributed by atoms with Crippen molar-refractivity contribution in [2.45, 2.75) is 57.6 Å². The third-order valence-electron chi connectivity index (χ3n) is 6.33. The highest BCUT2D eigenvalue weighted by atomic mass is 35.5. The number of nitrogens with zero attached hydrogens (tertiary/aromatic N) is 3. The van der Waals surface area contributed by atoms with Crippen molar-refractivity contribution in [2.24, 2.45) is 5.73 Å². The lowest BCUT2D eigenvalue weighted by Crippen LogP contribution is -2.45. The molecule has 0 bridgehead atoms. The highest BCUT2D eigenvalue weighted by Gasteiger charge is 2.40. The van der Waals surface area contributed by atoms with Gasteiger partial charge in [0.25, 0.3) is 0 Å². The molecular weight excluding hydrogens is 531 g/mol. The fourth-order valence-corrected chi connectivity index (χ4v) is 4.58. The number of rotatable bonds is 12. The second kappa shape index (κ2) is 12.5. The molecule has 1 aliphatic heterocycles. The summed E-state index contributed by atoms with van der Waals surface area (Å²) in [7, 11) is 0. The number of hydrogen-bond donors (Lipinski definition) is 1. The largest absolute Gasteiger partial charge is 0.486 e. The Hall–Kier alpha value is -3.27. The van der Waals surface area contributed by atoms with Crippen LogP contribution in [0.15, 0.2) is 47.0 Å². The fraction of sp³-hybridized carbons (Fsp3) is 0.370. The van der Waals surface area contributed by atoms with Gasteiger partial charge in [0.05, 0.1) is 16.5 Å². The number of amides is 2. The van der Waals surface area contributed by atoms with Crippen LogP contribution >= 0.6 is 23.2 Å². The van der Waals surface area contributed by atoms with Crippen LogP contribution in [-0.4, -0.2) is 45.2 Å². The van der Waals surface area contributed by atoms with Gasteiger partial charge in [0.1, 0.15) is 17.9 Å². The van der Waals surface area contributed by atoms with E-state index < -0.39 is 11.8 Å². The van der Waals surface area contributed by atoms with Crippen LogP contribution in [0.1, 0.15) is 72.8 Å². The van der Waals surface area contributed by atoms with Crippen molar-refractivity contribution in [3.05, 3.63) is 75.4 Å². The van der Waals surface area contributed by atoms with Gasteiger partial charge < -0.3 is 15.0 Å². The van der Waals surface area contributed by atoms with Crippen molar-refractivity contribution in [1.29, 1.82) is 0 Å². The molecule has 38 heavy (non-hydrogen) atoms. The molecule has 0 radical (unpaired) electrons. The van der Waals surface area contributed by atoms with Crippen molar-refractivity contribution < 1.29 is 23.6 Å². The third-order valence-corrected chi connectivity index (χ3v) is 7.07. The molecule has 0 spiro atoms. The molecule has 2 N–H and O–H groups in total. The topological polar surface area (TPSA) is 129 Å². The quantitative estimate of drug-likeness (QED) is 0.188. The number of unbranched alkanes of at least 4 members (excludes halogenated alkanes) is 1. The first kappa shape index (κ1) is 27.8. The van der Waals surface area contributed by atoms with Gasteiger partial charge in [-0.25, -0.2) is 0 Å². The smallest absolute Gasteiger partial charge is 0.240 e. The first-order valence-corrected chi connectivity index (χ1v) is 13.1. The van der Waals surface area contributed by atoms with Gasteiger partial charge in [0.2, 0.25) is 29.3 Å². The number of nitrogens with two attached hydrogens (primary N) is 1. The SMILES string of the molecule is CC(Oc1ccc(Cc2nc(C(=O)C(CCCCN)N3C(=O)CCC3=O)no2)cc1)c1ccc(Cl)c(Cl)c1. The minimum absolute atomic E-state index is 0.100. The molecule has 1 fully saturated rings. The molecule has 2 unspecified atom stereocenters. The van der Waals surface area contributed by atoms with E-state index in [9.17, 15) is 14.4 Å². The first-order chi connectivity index (χ1) is 18.3. The molecule has 3 aromatic rings. The number of aromatic nitrogens is 2. The lowest BCUT2D eigenvalue weighted by molar-refractivity contribution is -0.140. The Morgan fingerprint density at radius 3 is 2.45 bits per heavy atom. The van der Waals surface area contributed by atoms with E-state index in [0.29, 0.717) is 48.0 Å². The molecule has 2 atom stereocenters. The number of benzene rings is 2. The molecule has 0 aliphatic carbocycles. The maximum absolute atomic E-state index is 13.2. The van der Waals surface area contributed by atoms with Gasteiger partial charge in [-0.2, -0.15) is 4.98 Å². The van der Waals surface area contributed by atoms with Gasteiger partial charge in [-0.15, -0.1) is 0 Å². The standard InChI is InChI=1S/C27H28Cl2N4O5/c1-16(18-7-10-20(28)21(29)15-18)37-19-8-5-17(6-9-19)14-23-31-27(32-38-23)26(36)22(4-2-3-13-30)33-24(34)11-12-25(33)35/h5-10,15-16,22H,2-4,11-14,30H2,1H3. The zero-order chi connectivity index (χ0) is 27.2. The van der Waals surface area contributed by atoms with E-state index in [1.807, 2.05) is 37.3 Å². The Balaban J connectivity index is 1.40. The van der Waals surface area contributed by atoms with E-state index in [-0.39, 0.29) is 42.5 Å². The predicted molar refractivity (Wildman–Crippen MR) is 141 cm³/mol. The summed E-state index contributed by atoms with van der Waals surface area (Å²) in [6.45, 7) is 2.37. The minimum Gasteiger partial charge on any atom is -0.486 e. The van der Waals surface area contributed by atoms with Crippen LogP contribution in [0, 0.1) is 0 Å². The summed E-state index contributed by atoms with van der Waals surface area (Å²) in [5, 5.41) is 4.78. The van der Waals surface area contributed by atoms with Crippen molar-refractivity contribution in [1.82, 2.24) is 15.0 Å². The average molecular weight is 559 g/mol. The summed E-state index contributed by atoms with van der Waals surface area (Å²) in [6.07, 6.45) is 1.82. The molecule has 1 aliphatic rings. The molecule has 11 heteroatoms. The first-order valence-electron chi connectivity index (χ1n) is 12.4. The normalized spacial score (nSPS) is 15.1. The van der Waals surface area contributed by atoms with Crippen LogP contribution in [0.2, 0.25) is 10.0 Å². The number of hydrogen-bond acceptors (Lipinski definition) is 8. The van der Waals surface area contributed by atoms with Crippen LogP contribution in [-0.2, 0) is 16.0 Å². The minimum atomic E-state index is -0.955. The molecule has 4 rings (SSSR count). The summed E-state index contributed by atoms with van der Waals surface area (Å²) in [6, 6.07) is 11.8. The Morgan fingerprint density at radius 2 is 1.79 bits per heavy atom. The number of ether oxygens (including phenoxy) is 1. The van der Waals surface area contributed by atoms with Crippen molar-refractivity contribution in [2.75, 3.05) is 6.54 Å². The lowest BCUT2D eigenvalue weighted by atomic mass is 10.0. The Bertz CT molecular complexity index is 1300. The number of Topliss-reactive ketones (excluding diaryl/α,β-unsaturated/α-hetero) is 1. The molecule has 1 saturated heterocycles. The zero-order valence-corrected chi connectivity index (χ0v) is 22.4. The van der Waals surface area contributed by atoms with Gasteiger partial charge in [0, 0.05) is 12.8 Å². The van der Waals surface area contributed by atoms with Gasteiger partial charge >= 0.3 is 0 Å². The molecule has 2 aromatic carbocycles. The van der Waals surface area contributed by atoms with E-state index >= 15 is 0 Å². The molecule has 0 saturated carbocycles. The number of halogens is 2. The molecule has 2 amide bonds. The summed E-state index contributed by atoms with van der Waals surface area (Å²) >= 11 is 12.1. The second-order valence-corrected chi connectivity index (χ2v) is 9.90. The summed E-state index contributed by atoms with van der Waals surface area (Å²) in [4.78, 5) is 43.1. The molecule has 200 valence electrons. The van der Waals surface area contributed by atoms with Gasteiger partial charge in [-0.05, 0) is 68.1 Å². The molecular formula is C27H28Cl2N4O5. The maximum Gasteiger partial charge on any atom is 0.240 e. The van der Waals surface area contributed by atoms with Gasteiger partial charge in [-0.1, -0.05) is 46.6 Å². The third kappa shape index (κ3) is 6.59. The molecule has 9 nitrogen and oxygen atoms in total. The highest BCUT2D eigenvalue weighted by Crippen LogP contribution is 2.28. The lowest BCUT2D eigenvalue weighted by Gasteiger charge is -2.23. The van der Waals surface area contributed by atoms with E-state index in [2.05, 4.69) is 10.1 Å². The van der Waals surface area contributed by atoms with Gasteiger partial charge in [-0.3, -0.25) is 19.3 Å². The molecule has 1 aromatic heterocycles. The Morgan fingerprint density at radius 1 is 1.08 bits per heavy atom. The fourth-order valence-electron chi connectivity index (χ4n) is 4.27. The van der Waals surface area contributed by atoms with Crippen LogP contribution in [0.5, 0.6) is 5.75 Å². The van der Waals surface area contributed by atoms with Gasteiger partial charge in [0.15, 0.2) is 0 Å². The number of ketones is 1. The number of carbonyl (C=O) groups excluding carboxylic acids is 3. The number of likely N-dealkylation sites (tertiary alicyclic amines) is 1. The molecule has 2 heterocycles. The summed E-state index contributed by atoms with van der Waals surface area (Å²) in [5.41, 5.74) is 7.33. The van der Waals surface area contributed by atoms with Crippen molar-refractivity contribution >= 4 is 40.8 Å². The Labute approximate surface area is 230 Å². The van der Waals surface area contributed by atoms with Crippen LogP contribution in [0.3, 0.4) is 0 Å². The second-order valence-electron chi connectivity index (χ2n) is 9.09. The predicted octanol–water partition coefficient (Wildman–Crippen LogP) is 4.94. The van der Waals surface area contributed by atoms with Crippen molar-refractivity contribution in [3.63, 3.8) is 0 Å². The number of imide groups is 1. The Kier molecular flexibility index (Phi) is 9.14. The maximum atomic E-state index is 13.2. The summed E-state index contributed by atoms with van der Waals surface area (Å²) in [5.74, 6) is -0.484. The van der Waals surface area contributed by atoms with E-state index in [1.54, 1.807) is 12.1 Å². The monoisotopic (exact) mass is 558 g/mol. The van der Waals surface area contributed by atoms with E-state index in [4.69, 9.17) is 38.2 Å².